The van der Waals surface area contributed by atoms with Crippen LogP contribution in [0.25, 0.3) is 0 Å². The maximum absolute atomic E-state index is 11.7. The smallest absolute Gasteiger partial charge is 0.152 e. The van der Waals surface area contributed by atoms with E-state index < -0.39 is 20.9 Å². The van der Waals surface area contributed by atoms with Crippen molar-refractivity contribution in [1.29, 1.82) is 5.26 Å². The molecule has 0 aromatic heterocycles. The molecule has 1 aliphatic rings. The van der Waals surface area contributed by atoms with Crippen LogP contribution >= 0.6 is 0 Å². The van der Waals surface area contributed by atoms with Crippen molar-refractivity contribution in [3.8, 4) is 6.07 Å². The molecule has 19 heavy (non-hydrogen) atoms. The Morgan fingerprint density at radius 2 is 2.16 bits per heavy atom. The lowest BCUT2D eigenvalue weighted by atomic mass is 9.70. The van der Waals surface area contributed by atoms with Gasteiger partial charge >= 0.3 is 0 Å². The molecule has 1 aliphatic heterocycles. The Kier molecular flexibility index (Phi) is 3.20. The Hall–Kier alpha value is -1.38. The fourth-order valence-electron chi connectivity index (χ4n) is 2.65. The second kappa shape index (κ2) is 4.32. The molecule has 0 bridgehead atoms. The fraction of sp³-hybridized carbons (Fsp3) is 0.500. The van der Waals surface area contributed by atoms with Gasteiger partial charge in [-0.3, -0.25) is 0 Å². The quantitative estimate of drug-likeness (QED) is 0.890. The number of rotatable bonds is 2. The molecule has 0 amide bonds. The molecule has 5 heteroatoms. The van der Waals surface area contributed by atoms with E-state index in [9.17, 15) is 18.8 Å². The summed E-state index contributed by atoms with van der Waals surface area (Å²) in [6.07, 6.45) is 0.173. The zero-order valence-corrected chi connectivity index (χ0v) is 11.9. The molecule has 0 saturated carbocycles. The number of aliphatic hydroxyl groups is 1. The van der Waals surface area contributed by atoms with Crippen molar-refractivity contribution in [3.63, 3.8) is 0 Å². The first-order valence-electron chi connectivity index (χ1n) is 6.14. The van der Waals surface area contributed by atoms with Crippen molar-refractivity contribution in [2.45, 2.75) is 25.9 Å². The van der Waals surface area contributed by atoms with E-state index in [4.69, 9.17) is 0 Å². The number of hydrogen-bond donors (Lipinski definition) is 1. The third-order valence-corrected chi connectivity index (χ3v) is 5.79. The highest BCUT2D eigenvalue weighted by atomic mass is 32.2. The summed E-state index contributed by atoms with van der Waals surface area (Å²) in [7, 11) is -3.25. The summed E-state index contributed by atoms with van der Waals surface area (Å²) in [5.74, 6) is -0.319. The van der Waals surface area contributed by atoms with E-state index in [2.05, 4.69) is 6.07 Å². The van der Waals surface area contributed by atoms with E-state index in [1.165, 1.54) is 6.92 Å². The predicted octanol–water partition coefficient (Wildman–Crippen LogP) is 1.53. The van der Waals surface area contributed by atoms with Crippen LogP contribution in [0.4, 0.5) is 0 Å². The van der Waals surface area contributed by atoms with E-state index in [-0.39, 0.29) is 17.9 Å². The minimum atomic E-state index is -3.25. The third kappa shape index (κ3) is 2.26. The maximum Gasteiger partial charge on any atom is 0.152 e. The van der Waals surface area contributed by atoms with Crippen molar-refractivity contribution in [1.82, 2.24) is 0 Å². The average Bonchev–Trinajstić information content (AvgIpc) is 2.67. The fourth-order valence-corrected chi connectivity index (χ4v) is 4.70. The molecule has 1 saturated heterocycles. The Bertz CT molecular complexity index is 643. The van der Waals surface area contributed by atoms with Crippen LogP contribution in [0.5, 0.6) is 0 Å². The molecule has 102 valence electrons. The van der Waals surface area contributed by atoms with Gasteiger partial charge in [-0.25, -0.2) is 8.42 Å². The van der Waals surface area contributed by atoms with Crippen LogP contribution in [0.2, 0.25) is 0 Å². The van der Waals surface area contributed by atoms with Gasteiger partial charge in [0.15, 0.2) is 9.84 Å². The highest BCUT2D eigenvalue weighted by molar-refractivity contribution is 7.91. The van der Waals surface area contributed by atoms with Gasteiger partial charge in [-0.2, -0.15) is 5.26 Å². The molecular weight excluding hydrogens is 262 g/mol. The van der Waals surface area contributed by atoms with Gasteiger partial charge in [0, 0.05) is 0 Å². The van der Waals surface area contributed by atoms with Gasteiger partial charge < -0.3 is 5.11 Å². The molecule has 1 N–H and O–H groups in total. The summed E-state index contributed by atoms with van der Waals surface area (Å²) >= 11 is 0. The van der Waals surface area contributed by atoms with Crippen molar-refractivity contribution < 1.29 is 13.5 Å². The van der Waals surface area contributed by atoms with Crippen LogP contribution in [0.15, 0.2) is 24.3 Å². The zero-order valence-electron chi connectivity index (χ0n) is 11.0. The summed E-state index contributed by atoms with van der Waals surface area (Å²) in [6.45, 7) is 3.43. The number of nitrogens with zero attached hydrogens (tertiary/aromatic N) is 1. The lowest BCUT2D eigenvalue weighted by Gasteiger charge is -2.37. The van der Waals surface area contributed by atoms with Crippen molar-refractivity contribution in [3.05, 3.63) is 35.4 Å². The molecule has 1 heterocycles. The lowest BCUT2D eigenvalue weighted by Crippen LogP contribution is -2.43. The Morgan fingerprint density at radius 1 is 1.47 bits per heavy atom. The number of benzene rings is 1. The average molecular weight is 279 g/mol. The largest absolute Gasteiger partial charge is 0.384 e. The van der Waals surface area contributed by atoms with Gasteiger partial charge in [0.1, 0.15) is 11.0 Å². The normalized spacial score (nSPS) is 28.5. The monoisotopic (exact) mass is 279 g/mol. The minimum absolute atomic E-state index is 0.0392. The molecule has 4 nitrogen and oxygen atoms in total. The molecule has 0 spiro atoms. The third-order valence-electron chi connectivity index (χ3n) is 4.03. The highest BCUT2D eigenvalue weighted by Gasteiger charge is 2.55. The predicted molar refractivity (Wildman–Crippen MR) is 72.1 cm³/mol. The van der Waals surface area contributed by atoms with Crippen molar-refractivity contribution in [2.75, 3.05) is 11.5 Å². The summed E-state index contributed by atoms with van der Waals surface area (Å²) < 4.78 is 23.4. The molecule has 2 atom stereocenters. The summed E-state index contributed by atoms with van der Waals surface area (Å²) in [4.78, 5) is 0. The van der Waals surface area contributed by atoms with Crippen LogP contribution < -0.4 is 0 Å². The van der Waals surface area contributed by atoms with Crippen LogP contribution in [0.1, 0.15) is 24.5 Å². The molecular formula is C14H17NO3S. The standard InChI is InChI=1S/C14H17NO3S/c1-11-4-3-5-12(8-11)13(2,16)14(9-15)6-7-19(17,18)10-14/h3-5,8,16H,6-7,10H2,1-2H3. The topological polar surface area (TPSA) is 78.2 Å². The van der Waals surface area contributed by atoms with Crippen LogP contribution in [0, 0.1) is 23.7 Å². The van der Waals surface area contributed by atoms with Gasteiger partial charge in [-0.15, -0.1) is 0 Å². The van der Waals surface area contributed by atoms with Gasteiger partial charge in [0.2, 0.25) is 0 Å². The SMILES string of the molecule is Cc1cccc(C(C)(O)C2(C#N)CCS(=O)(=O)C2)c1. The Morgan fingerprint density at radius 3 is 2.63 bits per heavy atom. The van der Waals surface area contributed by atoms with Crippen molar-refractivity contribution in [2.24, 2.45) is 5.41 Å². The summed E-state index contributed by atoms with van der Waals surface area (Å²) in [5.41, 5.74) is -1.19. The molecule has 1 aromatic carbocycles. The van der Waals surface area contributed by atoms with E-state index in [0.717, 1.165) is 5.56 Å². The molecule has 2 rings (SSSR count). The van der Waals surface area contributed by atoms with Crippen LogP contribution in [-0.2, 0) is 15.4 Å². The van der Waals surface area contributed by atoms with E-state index >= 15 is 0 Å². The summed E-state index contributed by atoms with van der Waals surface area (Å²) in [5, 5.41) is 20.2. The second-order valence-corrected chi connectivity index (χ2v) is 7.66. The first-order valence-corrected chi connectivity index (χ1v) is 7.96. The van der Waals surface area contributed by atoms with E-state index in [1.54, 1.807) is 18.2 Å². The van der Waals surface area contributed by atoms with Crippen molar-refractivity contribution >= 4 is 9.84 Å². The molecule has 1 aromatic rings. The number of aryl methyl sites for hydroxylation is 1. The van der Waals surface area contributed by atoms with E-state index in [0.29, 0.717) is 5.56 Å². The molecule has 0 radical (unpaired) electrons. The molecule has 1 fully saturated rings. The lowest BCUT2D eigenvalue weighted by molar-refractivity contribution is -0.0323. The number of hydrogen-bond acceptors (Lipinski definition) is 4. The molecule has 0 aliphatic carbocycles. The minimum Gasteiger partial charge on any atom is -0.384 e. The Balaban J connectivity index is 2.52. The van der Waals surface area contributed by atoms with Crippen LogP contribution in [0.3, 0.4) is 0 Å². The van der Waals surface area contributed by atoms with Crippen LogP contribution in [-0.4, -0.2) is 25.0 Å². The number of sulfone groups is 1. The Labute approximate surface area is 113 Å². The first-order chi connectivity index (χ1) is 8.72. The van der Waals surface area contributed by atoms with Gasteiger partial charge in [0.05, 0.1) is 17.6 Å². The second-order valence-electron chi connectivity index (χ2n) is 5.48. The highest BCUT2D eigenvalue weighted by Crippen LogP contribution is 2.47. The maximum atomic E-state index is 11.7. The van der Waals surface area contributed by atoms with E-state index in [1.807, 2.05) is 13.0 Å². The van der Waals surface area contributed by atoms with Gasteiger partial charge in [-0.1, -0.05) is 29.8 Å². The van der Waals surface area contributed by atoms with Gasteiger partial charge in [0.25, 0.3) is 0 Å². The van der Waals surface area contributed by atoms with Gasteiger partial charge in [-0.05, 0) is 25.8 Å². The first kappa shape index (κ1) is 14.0. The summed E-state index contributed by atoms with van der Waals surface area (Å²) in [6, 6.07) is 9.28. The number of nitriles is 1. The zero-order chi connectivity index (χ0) is 14.3. The molecule has 2 unspecified atom stereocenters.